The van der Waals surface area contributed by atoms with Crippen LogP contribution in [0.25, 0.3) is 0 Å². The number of ketones is 1. The average Bonchev–Trinajstić information content (AvgIpc) is 2.85. The van der Waals surface area contributed by atoms with Crippen molar-refractivity contribution in [2.75, 3.05) is 0 Å². The van der Waals surface area contributed by atoms with Crippen LogP contribution in [0.5, 0.6) is 0 Å². The SMILES string of the molecule is C=C1C(=O)OC2C=C(C)CC(C(=O)C(C)CC)C=C(C=O)CC(O)C12. The van der Waals surface area contributed by atoms with Crippen molar-refractivity contribution in [2.24, 2.45) is 17.8 Å². The Labute approximate surface area is 148 Å². The molecule has 1 aliphatic heterocycles. The van der Waals surface area contributed by atoms with E-state index < -0.39 is 30.0 Å². The topological polar surface area (TPSA) is 80.7 Å². The Balaban J connectivity index is 2.42. The molecule has 5 unspecified atom stereocenters. The molecule has 0 aromatic rings. The summed E-state index contributed by atoms with van der Waals surface area (Å²) in [6.45, 7) is 9.42. The Hall–Kier alpha value is -2.01. The zero-order chi connectivity index (χ0) is 18.7. The van der Waals surface area contributed by atoms with E-state index in [2.05, 4.69) is 6.58 Å². The molecule has 25 heavy (non-hydrogen) atoms. The van der Waals surface area contributed by atoms with E-state index in [1.54, 1.807) is 12.2 Å². The molecule has 0 saturated carbocycles. The van der Waals surface area contributed by atoms with Gasteiger partial charge in [-0.15, -0.1) is 0 Å². The van der Waals surface area contributed by atoms with Gasteiger partial charge < -0.3 is 9.84 Å². The number of hydrogen-bond donors (Lipinski definition) is 1. The van der Waals surface area contributed by atoms with Crippen molar-refractivity contribution in [1.82, 2.24) is 0 Å². The number of allylic oxidation sites excluding steroid dienone is 2. The Bertz CT molecular complexity index is 642. The summed E-state index contributed by atoms with van der Waals surface area (Å²) in [6, 6.07) is 0. The van der Waals surface area contributed by atoms with Gasteiger partial charge in [0.25, 0.3) is 0 Å². The fraction of sp³-hybridized carbons (Fsp3) is 0.550. The van der Waals surface area contributed by atoms with Crippen molar-refractivity contribution in [1.29, 1.82) is 0 Å². The summed E-state index contributed by atoms with van der Waals surface area (Å²) in [5.41, 5.74) is 1.48. The smallest absolute Gasteiger partial charge is 0.334 e. The molecule has 2 aliphatic rings. The molecule has 0 radical (unpaired) electrons. The molecule has 1 heterocycles. The van der Waals surface area contributed by atoms with Crippen LogP contribution in [-0.4, -0.2) is 35.4 Å². The van der Waals surface area contributed by atoms with Gasteiger partial charge in [0, 0.05) is 23.8 Å². The molecular weight excluding hydrogens is 320 g/mol. The maximum atomic E-state index is 12.7. The van der Waals surface area contributed by atoms with E-state index in [0.717, 1.165) is 12.0 Å². The highest BCUT2D eigenvalue weighted by Crippen LogP contribution is 2.35. The molecule has 1 fully saturated rings. The van der Waals surface area contributed by atoms with Crippen LogP contribution in [0.4, 0.5) is 0 Å². The van der Waals surface area contributed by atoms with Gasteiger partial charge in [-0.2, -0.15) is 0 Å². The van der Waals surface area contributed by atoms with Crippen LogP contribution in [0.3, 0.4) is 0 Å². The Morgan fingerprint density at radius 3 is 2.72 bits per heavy atom. The third-order valence-electron chi connectivity index (χ3n) is 5.14. The highest BCUT2D eigenvalue weighted by atomic mass is 16.6. The summed E-state index contributed by atoms with van der Waals surface area (Å²) in [5.74, 6) is -1.55. The fourth-order valence-corrected chi connectivity index (χ4v) is 3.48. The molecular formula is C20H26O5. The van der Waals surface area contributed by atoms with E-state index in [0.29, 0.717) is 18.3 Å². The van der Waals surface area contributed by atoms with Gasteiger partial charge in [0.15, 0.2) is 0 Å². The van der Waals surface area contributed by atoms with Gasteiger partial charge in [0.05, 0.1) is 12.0 Å². The first-order chi connectivity index (χ1) is 11.8. The highest BCUT2D eigenvalue weighted by molar-refractivity contribution is 5.91. The van der Waals surface area contributed by atoms with E-state index in [9.17, 15) is 19.5 Å². The van der Waals surface area contributed by atoms with Crippen LogP contribution in [0, 0.1) is 17.8 Å². The average molecular weight is 346 g/mol. The Kier molecular flexibility index (Phi) is 6.11. The lowest BCUT2D eigenvalue weighted by Gasteiger charge is -2.25. The number of aldehydes is 1. The second kappa shape index (κ2) is 7.91. The van der Waals surface area contributed by atoms with E-state index in [-0.39, 0.29) is 23.7 Å². The maximum absolute atomic E-state index is 12.7. The molecule has 0 bridgehead atoms. The second-order valence-corrected chi connectivity index (χ2v) is 7.09. The first-order valence-corrected chi connectivity index (χ1v) is 8.73. The summed E-state index contributed by atoms with van der Waals surface area (Å²) < 4.78 is 5.32. The number of esters is 1. The summed E-state index contributed by atoms with van der Waals surface area (Å²) in [6.07, 6.45) is 3.82. The van der Waals surface area contributed by atoms with Crippen molar-refractivity contribution in [2.45, 2.75) is 52.2 Å². The number of rotatable bonds is 4. The second-order valence-electron chi connectivity index (χ2n) is 7.09. The number of Topliss-reactive ketones (excluding diaryl/α,β-unsaturated/α-hetero) is 1. The molecule has 0 aromatic carbocycles. The van der Waals surface area contributed by atoms with E-state index >= 15 is 0 Å². The molecule has 1 N–H and O–H groups in total. The predicted octanol–water partition coefficient (Wildman–Crippen LogP) is 2.54. The minimum atomic E-state index is -0.970. The van der Waals surface area contributed by atoms with E-state index in [1.807, 2.05) is 20.8 Å². The molecule has 5 heteroatoms. The molecule has 2 rings (SSSR count). The number of aliphatic hydroxyl groups excluding tert-OH is 1. The van der Waals surface area contributed by atoms with Crippen molar-refractivity contribution in [3.8, 4) is 0 Å². The predicted molar refractivity (Wildman–Crippen MR) is 93.6 cm³/mol. The lowest BCUT2D eigenvalue weighted by Crippen LogP contribution is -2.30. The van der Waals surface area contributed by atoms with Gasteiger partial charge >= 0.3 is 5.97 Å². The number of fused-ring (bicyclic) bond motifs is 1. The Morgan fingerprint density at radius 2 is 2.12 bits per heavy atom. The van der Waals surface area contributed by atoms with Crippen LogP contribution < -0.4 is 0 Å². The number of ether oxygens (including phenoxy) is 1. The summed E-state index contributed by atoms with van der Waals surface area (Å²) >= 11 is 0. The van der Waals surface area contributed by atoms with Crippen molar-refractivity contribution < 1.29 is 24.2 Å². The molecule has 0 spiro atoms. The summed E-state index contributed by atoms with van der Waals surface area (Å²) in [7, 11) is 0. The summed E-state index contributed by atoms with van der Waals surface area (Å²) in [4.78, 5) is 36.0. The minimum absolute atomic E-state index is 0.0670. The zero-order valence-corrected chi connectivity index (χ0v) is 15.0. The highest BCUT2D eigenvalue weighted by Gasteiger charge is 2.42. The van der Waals surface area contributed by atoms with Crippen LogP contribution in [-0.2, 0) is 19.1 Å². The van der Waals surface area contributed by atoms with Gasteiger partial charge in [-0.3, -0.25) is 9.59 Å². The minimum Gasteiger partial charge on any atom is -0.454 e. The van der Waals surface area contributed by atoms with Crippen molar-refractivity contribution in [3.63, 3.8) is 0 Å². The molecule has 1 aliphatic carbocycles. The largest absolute Gasteiger partial charge is 0.454 e. The van der Waals surface area contributed by atoms with Gasteiger partial charge in [0.2, 0.25) is 0 Å². The fourth-order valence-electron chi connectivity index (χ4n) is 3.48. The number of aliphatic hydroxyl groups is 1. The number of hydrogen-bond acceptors (Lipinski definition) is 5. The van der Waals surface area contributed by atoms with Gasteiger partial charge in [-0.25, -0.2) is 4.79 Å². The molecule has 1 saturated heterocycles. The molecule has 0 amide bonds. The molecule has 5 nitrogen and oxygen atoms in total. The first-order valence-electron chi connectivity index (χ1n) is 8.73. The maximum Gasteiger partial charge on any atom is 0.334 e. The lowest BCUT2D eigenvalue weighted by molar-refractivity contribution is -0.137. The zero-order valence-electron chi connectivity index (χ0n) is 15.0. The third-order valence-corrected chi connectivity index (χ3v) is 5.14. The van der Waals surface area contributed by atoms with Crippen LogP contribution >= 0.6 is 0 Å². The standard InChI is InChI=1S/C20H26O5/c1-5-12(3)19(23)15-6-11(2)7-17-18(13(4)20(24)25-17)16(22)9-14(8-15)10-21/h7-8,10,12,15-18,22H,4-6,9H2,1-3H3. The van der Waals surface area contributed by atoms with E-state index in [1.165, 1.54) is 0 Å². The normalized spacial score (nSPS) is 31.4. The quantitative estimate of drug-likeness (QED) is 0.366. The monoisotopic (exact) mass is 346 g/mol. The van der Waals surface area contributed by atoms with E-state index in [4.69, 9.17) is 4.74 Å². The van der Waals surface area contributed by atoms with Crippen LogP contribution in [0.2, 0.25) is 0 Å². The third kappa shape index (κ3) is 4.15. The molecule has 5 atom stereocenters. The number of carbonyl (C=O) groups excluding carboxylic acids is 3. The first kappa shape index (κ1) is 19.3. The summed E-state index contributed by atoms with van der Waals surface area (Å²) in [5, 5.41) is 10.6. The molecule has 136 valence electrons. The van der Waals surface area contributed by atoms with Gasteiger partial charge in [-0.05, 0) is 31.4 Å². The van der Waals surface area contributed by atoms with Crippen LogP contribution in [0.15, 0.2) is 35.5 Å². The van der Waals surface area contributed by atoms with Crippen molar-refractivity contribution in [3.05, 3.63) is 35.5 Å². The number of carbonyl (C=O) groups is 3. The Morgan fingerprint density at radius 1 is 1.44 bits per heavy atom. The van der Waals surface area contributed by atoms with Crippen LogP contribution in [0.1, 0.15) is 40.0 Å². The molecule has 0 aromatic heterocycles. The van der Waals surface area contributed by atoms with Gasteiger partial charge in [-0.1, -0.05) is 32.1 Å². The lowest BCUT2D eigenvalue weighted by atomic mass is 9.81. The van der Waals surface area contributed by atoms with Crippen molar-refractivity contribution >= 4 is 18.0 Å². The van der Waals surface area contributed by atoms with Gasteiger partial charge in [0.1, 0.15) is 18.2 Å².